The minimum absolute atomic E-state index is 0.0121. The van der Waals surface area contributed by atoms with E-state index in [1.165, 1.54) is 0 Å². The summed E-state index contributed by atoms with van der Waals surface area (Å²) in [5.41, 5.74) is 2.13. The van der Waals surface area contributed by atoms with Crippen molar-refractivity contribution in [3.05, 3.63) is 29.8 Å². The third-order valence-electron chi connectivity index (χ3n) is 2.66. The van der Waals surface area contributed by atoms with Crippen LogP contribution in [0, 0.1) is 0 Å². The van der Waals surface area contributed by atoms with Gasteiger partial charge in [0.2, 0.25) is 5.91 Å². The molecular formula is C11H10N2OS. The highest BCUT2D eigenvalue weighted by Crippen LogP contribution is 2.35. The lowest BCUT2D eigenvalue weighted by atomic mass is 10.1. The molecule has 1 amide bonds. The number of thioether (sulfide) groups is 1. The van der Waals surface area contributed by atoms with E-state index < -0.39 is 0 Å². The first kappa shape index (κ1) is 8.97. The van der Waals surface area contributed by atoms with Crippen LogP contribution in [0.4, 0.5) is 5.69 Å². The van der Waals surface area contributed by atoms with E-state index in [-0.39, 0.29) is 11.2 Å². The highest BCUT2D eigenvalue weighted by molar-refractivity contribution is 8.15. The molecule has 1 atom stereocenters. The molecule has 3 rings (SSSR count). The van der Waals surface area contributed by atoms with Gasteiger partial charge in [-0.1, -0.05) is 30.0 Å². The van der Waals surface area contributed by atoms with Crippen LogP contribution in [0.2, 0.25) is 0 Å². The Morgan fingerprint density at radius 1 is 1.47 bits per heavy atom. The first-order valence-electron chi connectivity index (χ1n) is 4.90. The van der Waals surface area contributed by atoms with Crippen LogP contribution in [-0.4, -0.2) is 21.2 Å². The lowest BCUT2D eigenvalue weighted by Crippen LogP contribution is -2.32. The van der Waals surface area contributed by atoms with Gasteiger partial charge in [0.1, 0.15) is 0 Å². The number of amides is 1. The number of fused-ring (bicyclic) bond motifs is 2. The molecule has 1 saturated heterocycles. The van der Waals surface area contributed by atoms with Gasteiger partial charge >= 0.3 is 0 Å². The van der Waals surface area contributed by atoms with Gasteiger partial charge in [-0.3, -0.25) is 9.69 Å². The summed E-state index contributed by atoms with van der Waals surface area (Å²) in [6.07, 6.45) is 0. The van der Waals surface area contributed by atoms with Gasteiger partial charge < -0.3 is 0 Å². The molecule has 3 nitrogen and oxygen atoms in total. The first-order valence-corrected chi connectivity index (χ1v) is 5.78. The summed E-state index contributed by atoms with van der Waals surface area (Å²) < 4.78 is 0. The van der Waals surface area contributed by atoms with Crippen LogP contribution in [0.3, 0.4) is 0 Å². The summed E-state index contributed by atoms with van der Waals surface area (Å²) in [6, 6.07) is 7.98. The topological polar surface area (TPSA) is 32.7 Å². The maximum absolute atomic E-state index is 11.8. The highest BCUT2D eigenvalue weighted by Gasteiger charge is 2.37. The minimum atomic E-state index is 0.0121. The maximum Gasteiger partial charge on any atom is 0.242 e. The molecule has 0 N–H and O–H groups in total. The van der Waals surface area contributed by atoms with Gasteiger partial charge in [-0.05, 0) is 18.6 Å². The van der Waals surface area contributed by atoms with Crippen molar-refractivity contribution < 1.29 is 4.79 Å². The van der Waals surface area contributed by atoms with E-state index in [2.05, 4.69) is 4.99 Å². The molecule has 76 valence electrons. The first-order chi connectivity index (χ1) is 7.25. The van der Waals surface area contributed by atoms with E-state index in [9.17, 15) is 4.79 Å². The Kier molecular flexibility index (Phi) is 1.85. The third kappa shape index (κ3) is 1.28. The minimum Gasteiger partial charge on any atom is -0.286 e. The van der Waals surface area contributed by atoms with Crippen molar-refractivity contribution >= 4 is 28.5 Å². The molecule has 1 aromatic carbocycles. The fourth-order valence-electron chi connectivity index (χ4n) is 1.85. The van der Waals surface area contributed by atoms with E-state index in [4.69, 9.17) is 0 Å². The molecule has 0 aromatic heterocycles. The number of hydrogen-bond donors (Lipinski definition) is 0. The zero-order valence-corrected chi connectivity index (χ0v) is 9.12. The van der Waals surface area contributed by atoms with E-state index in [0.717, 1.165) is 16.4 Å². The maximum atomic E-state index is 11.8. The van der Waals surface area contributed by atoms with Gasteiger partial charge in [-0.25, -0.2) is 4.99 Å². The smallest absolute Gasteiger partial charge is 0.242 e. The molecule has 2 aliphatic heterocycles. The van der Waals surface area contributed by atoms with Crippen LogP contribution in [0.15, 0.2) is 29.3 Å². The fourth-order valence-corrected chi connectivity index (χ4v) is 2.82. The zero-order valence-electron chi connectivity index (χ0n) is 8.30. The quantitative estimate of drug-likeness (QED) is 0.668. The number of benzene rings is 1. The van der Waals surface area contributed by atoms with Crippen LogP contribution in [0.5, 0.6) is 0 Å². The van der Waals surface area contributed by atoms with Crippen molar-refractivity contribution in [3.8, 4) is 0 Å². The standard InChI is InChI=1S/C11H10N2OS/c1-7-10(14)13-6-8-4-2-3-5-9(8)12-11(13)15-7/h2-5,7H,6H2,1H3/t7-/m0/s1. The van der Waals surface area contributed by atoms with E-state index >= 15 is 0 Å². The summed E-state index contributed by atoms with van der Waals surface area (Å²) in [4.78, 5) is 18.0. The van der Waals surface area contributed by atoms with Gasteiger partial charge in [-0.2, -0.15) is 0 Å². The second-order valence-electron chi connectivity index (χ2n) is 3.71. The molecule has 0 spiro atoms. The summed E-state index contributed by atoms with van der Waals surface area (Å²) >= 11 is 1.55. The number of hydrogen-bond acceptors (Lipinski definition) is 3. The Labute approximate surface area is 92.2 Å². The lowest BCUT2D eigenvalue weighted by molar-refractivity contribution is -0.126. The van der Waals surface area contributed by atoms with Crippen LogP contribution in [0.25, 0.3) is 0 Å². The van der Waals surface area contributed by atoms with Crippen LogP contribution >= 0.6 is 11.8 Å². The molecule has 0 saturated carbocycles. The fraction of sp³-hybridized carbons (Fsp3) is 0.273. The average Bonchev–Trinajstić information content (AvgIpc) is 2.52. The molecule has 15 heavy (non-hydrogen) atoms. The number of nitrogens with zero attached hydrogens (tertiary/aromatic N) is 2. The summed E-state index contributed by atoms with van der Waals surface area (Å²) in [5, 5.41) is 0.865. The number of rotatable bonds is 0. The summed E-state index contributed by atoms with van der Waals surface area (Å²) in [7, 11) is 0. The van der Waals surface area contributed by atoms with Crippen molar-refractivity contribution in [1.29, 1.82) is 0 Å². The molecule has 0 unspecified atom stereocenters. The molecule has 0 radical (unpaired) electrons. The summed E-state index contributed by atoms with van der Waals surface area (Å²) in [5.74, 6) is 0.174. The molecule has 1 fully saturated rings. The van der Waals surface area contributed by atoms with Gasteiger partial charge in [-0.15, -0.1) is 0 Å². The van der Waals surface area contributed by atoms with E-state index in [1.54, 1.807) is 16.7 Å². The number of aliphatic imine (C=N–C) groups is 1. The van der Waals surface area contributed by atoms with Crippen molar-refractivity contribution in [2.24, 2.45) is 4.99 Å². The predicted octanol–water partition coefficient (Wildman–Crippen LogP) is 2.15. The normalized spacial score (nSPS) is 23.5. The third-order valence-corrected chi connectivity index (χ3v) is 3.74. The Balaban J connectivity index is 2.08. The van der Waals surface area contributed by atoms with Crippen molar-refractivity contribution in [3.63, 3.8) is 0 Å². The number of amidine groups is 1. The molecule has 0 aliphatic carbocycles. The van der Waals surface area contributed by atoms with Crippen LogP contribution < -0.4 is 0 Å². The molecule has 2 heterocycles. The van der Waals surface area contributed by atoms with Crippen molar-refractivity contribution in [1.82, 2.24) is 4.90 Å². The Morgan fingerprint density at radius 3 is 3.13 bits per heavy atom. The Bertz CT molecular complexity index is 469. The summed E-state index contributed by atoms with van der Waals surface area (Å²) in [6.45, 7) is 2.60. The molecule has 2 aliphatic rings. The lowest BCUT2D eigenvalue weighted by Gasteiger charge is -2.21. The Morgan fingerprint density at radius 2 is 2.27 bits per heavy atom. The Hall–Kier alpha value is -1.29. The van der Waals surface area contributed by atoms with Gasteiger partial charge in [0.15, 0.2) is 5.17 Å². The van der Waals surface area contributed by atoms with Gasteiger partial charge in [0, 0.05) is 0 Å². The molecular weight excluding hydrogens is 208 g/mol. The SMILES string of the molecule is C[C@@H]1SC2=Nc3ccccc3CN2C1=O. The number of carbonyl (C=O) groups is 1. The molecule has 0 bridgehead atoms. The second-order valence-corrected chi connectivity index (χ2v) is 5.02. The van der Waals surface area contributed by atoms with Gasteiger partial charge in [0.25, 0.3) is 0 Å². The predicted molar refractivity (Wildman–Crippen MR) is 61.1 cm³/mol. The number of para-hydroxylation sites is 1. The van der Waals surface area contributed by atoms with Crippen molar-refractivity contribution in [2.45, 2.75) is 18.7 Å². The number of carbonyl (C=O) groups excluding carboxylic acids is 1. The molecule has 4 heteroatoms. The highest BCUT2D eigenvalue weighted by atomic mass is 32.2. The monoisotopic (exact) mass is 218 g/mol. The van der Waals surface area contributed by atoms with E-state index in [0.29, 0.717) is 6.54 Å². The van der Waals surface area contributed by atoms with Crippen LogP contribution in [0.1, 0.15) is 12.5 Å². The largest absolute Gasteiger partial charge is 0.286 e. The van der Waals surface area contributed by atoms with Gasteiger partial charge in [0.05, 0.1) is 17.5 Å². The van der Waals surface area contributed by atoms with Crippen LogP contribution in [-0.2, 0) is 11.3 Å². The van der Waals surface area contributed by atoms with E-state index in [1.807, 2.05) is 31.2 Å². The average molecular weight is 218 g/mol. The zero-order chi connectivity index (χ0) is 10.4. The second kappa shape index (κ2) is 3.10. The van der Waals surface area contributed by atoms with Crippen molar-refractivity contribution in [2.75, 3.05) is 0 Å². The molecule has 1 aromatic rings.